The van der Waals surface area contributed by atoms with E-state index < -0.39 is 5.60 Å². The minimum atomic E-state index is -0.774. The summed E-state index contributed by atoms with van der Waals surface area (Å²) in [7, 11) is 0. The summed E-state index contributed by atoms with van der Waals surface area (Å²) in [5.74, 6) is 0.438. The van der Waals surface area contributed by atoms with E-state index in [0.717, 1.165) is 37.8 Å². The Morgan fingerprint density at radius 2 is 2.05 bits per heavy atom. The Morgan fingerprint density at radius 3 is 2.67 bits per heavy atom. The molecule has 21 heavy (non-hydrogen) atoms. The molecule has 0 amide bonds. The van der Waals surface area contributed by atoms with Crippen molar-refractivity contribution >= 4 is 0 Å². The lowest BCUT2D eigenvalue weighted by Crippen LogP contribution is -2.32. The molecule has 2 N–H and O–H groups in total. The van der Waals surface area contributed by atoms with Crippen LogP contribution in [0.4, 0.5) is 4.39 Å². The standard InChI is InChI=1S/C17H26FNO2/c1-13(2)10-19-11-14-5-6-16(15(18)9-14)21-12-17(20)7-3-4-8-17/h5-6,9,13,19-20H,3-4,7-8,10-12H2,1-2H3. The third-order valence-corrected chi connectivity index (χ3v) is 3.91. The fraction of sp³-hybridized carbons (Fsp3) is 0.647. The van der Waals surface area contributed by atoms with Crippen molar-refractivity contribution in [3.63, 3.8) is 0 Å². The van der Waals surface area contributed by atoms with Crippen molar-refractivity contribution in [2.45, 2.75) is 51.7 Å². The Balaban J connectivity index is 1.86. The molecule has 1 aliphatic carbocycles. The number of hydrogen-bond acceptors (Lipinski definition) is 3. The summed E-state index contributed by atoms with van der Waals surface area (Å²) >= 11 is 0. The van der Waals surface area contributed by atoms with Gasteiger partial charge >= 0.3 is 0 Å². The number of hydrogen-bond donors (Lipinski definition) is 2. The normalized spacial score (nSPS) is 17.4. The van der Waals surface area contributed by atoms with E-state index in [-0.39, 0.29) is 18.2 Å². The average molecular weight is 295 g/mol. The van der Waals surface area contributed by atoms with Crippen LogP contribution in [-0.4, -0.2) is 23.9 Å². The van der Waals surface area contributed by atoms with Crippen molar-refractivity contribution in [1.82, 2.24) is 5.32 Å². The molecule has 1 aromatic rings. The van der Waals surface area contributed by atoms with E-state index >= 15 is 0 Å². The highest BCUT2D eigenvalue weighted by molar-refractivity contribution is 5.29. The molecule has 118 valence electrons. The van der Waals surface area contributed by atoms with Crippen molar-refractivity contribution in [1.29, 1.82) is 0 Å². The molecular weight excluding hydrogens is 269 g/mol. The molecule has 0 bridgehead atoms. The lowest BCUT2D eigenvalue weighted by molar-refractivity contribution is 0.000326. The smallest absolute Gasteiger partial charge is 0.165 e. The molecule has 1 fully saturated rings. The Kier molecular flexibility index (Phi) is 5.59. The average Bonchev–Trinajstić information content (AvgIpc) is 2.85. The van der Waals surface area contributed by atoms with Gasteiger partial charge in [0.15, 0.2) is 11.6 Å². The second-order valence-electron chi connectivity index (χ2n) is 6.51. The van der Waals surface area contributed by atoms with Crippen LogP contribution in [0.25, 0.3) is 0 Å². The van der Waals surface area contributed by atoms with Crippen molar-refractivity contribution in [2.75, 3.05) is 13.2 Å². The first kappa shape index (κ1) is 16.2. The summed E-state index contributed by atoms with van der Waals surface area (Å²) in [5, 5.41) is 13.5. The molecule has 0 heterocycles. The van der Waals surface area contributed by atoms with Gasteiger partial charge in [0, 0.05) is 6.54 Å². The number of nitrogens with one attached hydrogen (secondary N) is 1. The van der Waals surface area contributed by atoms with Crippen LogP contribution < -0.4 is 10.1 Å². The van der Waals surface area contributed by atoms with Gasteiger partial charge in [-0.25, -0.2) is 4.39 Å². The van der Waals surface area contributed by atoms with Gasteiger partial charge in [0.05, 0.1) is 5.60 Å². The highest BCUT2D eigenvalue weighted by Gasteiger charge is 2.32. The largest absolute Gasteiger partial charge is 0.488 e. The van der Waals surface area contributed by atoms with Gasteiger partial charge in [-0.05, 0) is 43.0 Å². The van der Waals surface area contributed by atoms with Crippen LogP contribution in [0.2, 0.25) is 0 Å². The van der Waals surface area contributed by atoms with Gasteiger partial charge in [-0.2, -0.15) is 0 Å². The van der Waals surface area contributed by atoms with Crippen LogP contribution in [0.1, 0.15) is 45.1 Å². The summed E-state index contributed by atoms with van der Waals surface area (Å²) in [4.78, 5) is 0. The van der Waals surface area contributed by atoms with Gasteiger partial charge in [0.1, 0.15) is 6.61 Å². The molecule has 0 unspecified atom stereocenters. The zero-order valence-corrected chi connectivity index (χ0v) is 13.0. The minimum Gasteiger partial charge on any atom is -0.488 e. The Morgan fingerprint density at radius 1 is 1.33 bits per heavy atom. The maximum Gasteiger partial charge on any atom is 0.165 e. The molecule has 1 aliphatic rings. The van der Waals surface area contributed by atoms with E-state index in [0.29, 0.717) is 12.5 Å². The third kappa shape index (κ3) is 4.97. The van der Waals surface area contributed by atoms with Gasteiger partial charge in [-0.1, -0.05) is 32.8 Å². The van der Waals surface area contributed by atoms with E-state index in [1.807, 2.05) is 6.07 Å². The Bertz CT molecular complexity index is 456. The van der Waals surface area contributed by atoms with Gasteiger partial charge < -0.3 is 15.2 Å². The maximum atomic E-state index is 14.0. The van der Waals surface area contributed by atoms with Crippen LogP contribution in [0.5, 0.6) is 5.75 Å². The van der Waals surface area contributed by atoms with E-state index in [4.69, 9.17) is 4.74 Å². The summed E-state index contributed by atoms with van der Waals surface area (Å²) in [6.07, 6.45) is 3.52. The number of rotatable bonds is 7. The van der Waals surface area contributed by atoms with Gasteiger partial charge in [0.2, 0.25) is 0 Å². The van der Waals surface area contributed by atoms with Crippen LogP contribution in [-0.2, 0) is 6.54 Å². The Labute approximate surface area is 126 Å². The molecule has 3 nitrogen and oxygen atoms in total. The molecule has 1 saturated carbocycles. The van der Waals surface area contributed by atoms with Gasteiger partial charge in [0.25, 0.3) is 0 Å². The van der Waals surface area contributed by atoms with E-state index in [9.17, 15) is 9.50 Å². The number of benzene rings is 1. The summed E-state index contributed by atoms with van der Waals surface area (Å²) in [6, 6.07) is 5.02. The zero-order chi connectivity index (χ0) is 15.3. The van der Waals surface area contributed by atoms with Gasteiger partial charge in [-0.15, -0.1) is 0 Å². The molecule has 0 saturated heterocycles. The number of aliphatic hydroxyl groups is 1. The van der Waals surface area contributed by atoms with E-state index in [1.165, 1.54) is 6.07 Å². The van der Waals surface area contributed by atoms with E-state index in [1.54, 1.807) is 6.07 Å². The van der Waals surface area contributed by atoms with Crippen LogP contribution in [0.3, 0.4) is 0 Å². The first-order valence-corrected chi connectivity index (χ1v) is 7.83. The van der Waals surface area contributed by atoms with Crippen LogP contribution >= 0.6 is 0 Å². The maximum absolute atomic E-state index is 14.0. The predicted molar refractivity (Wildman–Crippen MR) is 81.9 cm³/mol. The van der Waals surface area contributed by atoms with Crippen molar-refractivity contribution in [3.8, 4) is 5.75 Å². The lowest BCUT2D eigenvalue weighted by Gasteiger charge is -2.22. The molecule has 0 spiro atoms. The Hall–Kier alpha value is -1.13. The molecule has 4 heteroatoms. The quantitative estimate of drug-likeness (QED) is 0.811. The summed E-state index contributed by atoms with van der Waals surface area (Å²) in [6.45, 7) is 6.01. The molecule has 1 aromatic carbocycles. The van der Waals surface area contributed by atoms with Crippen molar-refractivity contribution in [2.24, 2.45) is 5.92 Å². The zero-order valence-electron chi connectivity index (χ0n) is 13.0. The second-order valence-corrected chi connectivity index (χ2v) is 6.51. The van der Waals surface area contributed by atoms with Gasteiger partial charge in [-0.3, -0.25) is 0 Å². The third-order valence-electron chi connectivity index (χ3n) is 3.91. The molecule has 0 atom stereocenters. The van der Waals surface area contributed by atoms with Crippen molar-refractivity contribution < 1.29 is 14.2 Å². The van der Waals surface area contributed by atoms with Crippen molar-refractivity contribution in [3.05, 3.63) is 29.6 Å². The molecule has 0 aromatic heterocycles. The lowest BCUT2D eigenvalue weighted by atomic mass is 10.0. The highest BCUT2D eigenvalue weighted by Crippen LogP contribution is 2.30. The SMILES string of the molecule is CC(C)CNCc1ccc(OCC2(O)CCCC2)c(F)c1. The monoisotopic (exact) mass is 295 g/mol. The predicted octanol–water partition coefficient (Wildman–Crippen LogP) is 3.26. The minimum absolute atomic E-state index is 0.175. The first-order chi connectivity index (χ1) is 9.98. The fourth-order valence-electron chi connectivity index (χ4n) is 2.67. The van der Waals surface area contributed by atoms with E-state index in [2.05, 4.69) is 19.2 Å². The summed E-state index contributed by atoms with van der Waals surface area (Å²) < 4.78 is 19.5. The first-order valence-electron chi connectivity index (χ1n) is 7.83. The number of halogens is 1. The summed E-state index contributed by atoms with van der Waals surface area (Å²) in [5.41, 5.74) is 0.129. The second kappa shape index (κ2) is 7.23. The molecule has 2 rings (SSSR count). The fourth-order valence-corrected chi connectivity index (χ4v) is 2.67. The van der Waals surface area contributed by atoms with Crippen LogP contribution in [0, 0.1) is 11.7 Å². The molecule has 0 radical (unpaired) electrons. The molecule has 0 aliphatic heterocycles. The highest BCUT2D eigenvalue weighted by atomic mass is 19.1. The van der Waals surface area contributed by atoms with Crippen LogP contribution in [0.15, 0.2) is 18.2 Å². The topological polar surface area (TPSA) is 41.5 Å². The number of ether oxygens (including phenoxy) is 1. The molecular formula is C17H26FNO2.